The molecule has 0 unspecified atom stereocenters. The minimum absolute atomic E-state index is 0.344. The van der Waals surface area contributed by atoms with Crippen LogP contribution in [0.2, 0.25) is 0 Å². The number of nitrogens with one attached hydrogen (secondary N) is 2. The molecular weight excluding hydrogens is 458 g/mol. The maximum Gasteiger partial charge on any atom is 0.318 e. The molecule has 12 nitrogen and oxygen atoms in total. The molecule has 3 aromatic carbocycles. The number of nitro groups is 2. The molecule has 12 heteroatoms. The summed E-state index contributed by atoms with van der Waals surface area (Å²) in [7, 11) is 0. The first kappa shape index (κ1) is 24.5. The molecule has 0 aliphatic carbocycles. The average molecular weight is 477 g/mol. The molecule has 0 aliphatic rings. The zero-order chi connectivity index (χ0) is 25.4. The number of hydrogen-bond acceptors (Lipinski definition) is 8. The smallest absolute Gasteiger partial charge is 0.318 e. The lowest BCUT2D eigenvalue weighted by Crippen LogP contribution is -2.37. The third kappa shape index (κ3) is 6.22. The van der Waals surface area contributed by atoms with Gasteiger partial charge in [0, 0.05) is 6.07 Å². The van der Waals surface area contributed by atoms with Crippen molar-refractivity contribution in [1.29, 1.82) is 0 Å². The van der Waals surface area contributed by atoms with Crippen molar-refractivity contribution in [3.8, 4) is 5.75 Å². The van der Waals surface area contributed by atoms with Gasteiger partial charge in [-0.15, -0.1) is 0 Å². The molecule has 2 amide bonds. The molecule has 0 saturated carbocycles. The number of amides is 2. The Morgan fingerprint density at radius 1 is 0.943 bits per heavy atom. The molecule has 3 rings (SSSR count). The van der Waals surface area contributed by atoms with Crippen LogP contribution in [0.3, 0.4) is 0 Å². The number of phenols is 1. The molecule has 0 aliphatic heterocycles. The molecule has 178 valence electrons. The Hall–Kier alpha value is -5.13. The summed E-state index contributed by atoms with van der Waals surface area (Å²) in [5, 5.41) is 38.0. The minimum atomic E-state index is -0.982. The fourth-order valence-electron chi connectivity index (χ4n) is 3.24. The third-order valence-electron chi connectivity index (χ3n) is 4.86. The van der Waals surface area contributed by atoms with E-state index >= 15 is 0 Å². The van der Waals surface area contributed by atoms with Gasteiger partial charge in [0.2, 0.25) is 11.7 Å². The van der Waals surface area contributed by atoms with E-state index in [1.54, 1.807) is 48.5 Å². The molecule has 0 atom stereocenters. The normalized spacial score (nSPS) is 10.8. The number of aromatic hydroxyl groups is 1. The fourth-order valence-corrected chi connectivity index (χ4v) is 3.24. The van der Waals surface area contributed by atoms with Crippen LogP contribution < -0.4 is 10.7 Å². The highest BCUT2D eigenvalue weighted by molar-refractivity contribution is 5.91. The number of nitro benzene ring substituents is 2. The predicted octanol–water partition coefficient (Wildman–Crippen LogP) is 2.61. The first-order chi connectivity index (χ1) is 16.8. The molecule has 3 aromatic rings. The van der Waals surface area contributed by atoms with Crippen LogP contribution in [0, 0.1) is 20.2 Å². The second-order valence-electron chi connectivity index (χ2n) is 7.18. The van der Waals surface area contributed by atoms with Gasteiger partial charge >= 0.3 is 5.69 Å². The van der Waals surface area contributed by atoms with Gasteiger partial charge in [0.25, 0.3) is 11.6 Å². The van der Waals surface area contributed by atoms with Crippen molar-refractivity contribution in [3.05, 3.63) is 110 Å². The van der Waals surface area contributed by atoms with E-state index in [0.29, 0.717) is 6.07 Å². The summed E-state index contributed by atoms with van der Waals surface area (Å²) in [6.07, 6.45) is 0.825. The Morgan fingerprint density at radius 3 is 2.03 bits per heavy atom. The van der Waals surface area contributed by atoms with Crippen molar-refractivity contribution in [1.82, 2.24) is 10.7 Å². The van der Waals surface area contributed by atoms with Gasteiger partial charge < -0.3 is 10.4 Å². The van der Waals surface area contributed by atoms with E-state index in [1.165, 1.54) is 0 Å². The maximum atomic E-state index is 12.9. The molecule has 0 heterocycles. The van der Waals surface area contributed by atoms with Crippen molar-refractivity contribution in [2.45, 2.75) is 5.92 Å². The lowest BCUT2D eigenvalue weighted by molar-refractivity contribution is -0.394. The van der Waals surface area contributed by atoms with Crippen LogP contribution in [0.25, 0.3) is 0 Å². The van der Waals surface area contributed by atoms with Gasteiger partial charge in [-0.05, 0) is 11.1 Å². The van der Waals surface area contributed by atoms with Crippen LogP contribution in [0.15, 0.2) is 77.9 Å². The number of non-ortho nitro benzene ring substituents is 1. The summed E-state index contributed by atoms with van der Waals surface area (Å²) in [6, 6.07) is 19.5. The quantitative estimate of drug-likeness (QED) is 0.241. The SMILES string of the molecule is O=C(CNC(=O)C(c1ccccc1)c1ccccc1)N/N=C/c1cc([N+](=O)[O-])cc([N+](=O)[O-])c1O. The lowest BCUT2D eigenvalue weighted by atomic mass is 9.90. The van der Waals surface area contributed by atoms with Gasteiger partial charge in [-0.3, -0.25) is 29.8 Å². The summed E-state index contributed by atoms with van der Waals surface area (Å²) in [5.74, 6) is -2.65. The van der Waals surface area contributed by atoms with Gasteiger partial charge in [-0.2, -0.15) is 5.10 Å². The first-order valence-electron chi connectivity index (χ1n) is 10.1. The number of phenolic OH excluding ortho intramolecular Hbond substituents is 1. The summed E-state index contributed by atoms with van der Waals surface area (Å²) in [6.45, 7) is -0.437. The molecule has 0 saturated heterocycles. The van der Waals surface area contributed by atoms with Gasteiger partial charge in [0.05, 0.1) is 40.2 Å². The lowest BCUT2D eigenvalue weighted by Gasteiger charge is -2.17. The zero-order valence-electron chi connectivity index (χ0n) is 18.0. The van der Waals surface area contributed by atoms with Gasteiger partial charge in [-0.1, -0.05) is 60.7 Å². The van der Waals surface area contributed by atoms with Crippen LogP contribution in [-0.2, 0) is 9.59 Å². The Labute approximate surface area is 198 Å². The summed E-state index contributed by atoms with van der Waals surface area (Å²) >= 11 is 0. The Kier molecular flexibility index (Phi) is 7.80. The monoisotopic (exact) mass is 477 g/mol. The van der Waals surface area contributed by atoms with E-state index in [-0.39, 0.29) is 5.56 Å². The molecule has 35 heavy (non-hydrogen) atoms. The molecular formula is C23H19N5O7. The van der Waals surface area contributed by atoms with E-state index in [9.17, 15) is 34.9 Å². The van der Waals surface area contributed by atoms with Crippen LogP contribution in [-0.4, -0.2) is 39.5 Å². The van der Waals surface area contributed by atoms with Crippen LogP contribution >= 0.6 is 0 Å². The summed E-state index contributed by atoms with van der Waals surface area (Å²) in [4.78, 5) is 45.2. The average Bonchev–Trinajstić information content (AvgIpc) is 2.85. The van der Waals surface area contributed by atoms with E-state index in [0.717, 1.165) is 23.4 Å². The van der Waals surface area contributed by atoms with Gasteiger partial charge in [0.15, 0.2) is 0 Å². The predicted molar refractivity (Wildman–Crippen MR) is 125 cm³/mol. The van der Waals surface area contributed by atoms with E-state index in [4.69, 9.17) is 0 Å². The third-order valence-corrected chi connectivity index (χ3v) is 4.86. The summed E-state index contributed by atoms with van der Waals surface area (Å²) < 4.78 is 0. The zero-order valence-corrected chi connectivity index (χ0v) is 18.0. The number of hydrazone groups is 1. The second kappa shape index (κ2) is 11.1. The molecule has 0 aromatic heterocycles. The Balaban J connectivity index is 1.67. The number of hydrogen-bond donors (Lipinski definition) is 3. The van der Waals surface area contributed by atoms with Crippen LogP contribution in [0.5, 0.6) is 5.75 Å². The van der Waals surface area contributed by atoms with Crippen molar-refractivity contribution in [3.63, 3.8) is 0 Å². The second-order valence-corrected chi connectivity index (χ2v) is 7.18. The summed E-state index contributed by atoms with van der Waals surface area (Å²) in [5.41, 5.74) is 1.70. The molecule has 0 fully saturated rings. The first-order valence-corrected chi connectivity index (χ1v) is 10.1. The number of rotatable bonds is 9. The number of benzene rings is 3. The Morgan fingerprint density at radius 2 is 1.51 bits per heavy atom. The highest BCUT2D eigenvalue weighted by Gasteiger charge is 2.24. The fraction of sp³-hybridized carbons (Fsp3) is 0.0870. The van der Waals surface area contributed by atoms with Crippen molar-refractivity contribution in [2.75, 3.05) is 6.54 Å². The Bertz CT molecular complexity index is 1240. The molecule has 0 bridgehead atoms. The topological polar surface area (TPSA) is 177 Å². The number of carbonyl (C=O) groups excluding carboxylic acids is 2. The highest BCUT2D eigenvalue weighted by Crippen LogP contribution is 2.33. The standard InChI is InChI=1S/C23H19N5O7/c29-20(26-25-13-17-11-18(27(32)33)12-19(22(17)30)28(34)35)14-24-23(31)21(15-7-3-1-4-8-15)16-9-5-2-6-10-16/h1-13,21,30H,14H2,(H,24,31)(H,26,29)/b25-13+. The van der Waals surface area contributed by atoms with E-state index < -0.39 is 51.2 Å². The molecule has 3 N–H and O–H groups in total. The highest BCUT2D eigenvalue weighted by atomic mass is 16.6. The van der Waals surface area contributed by atoms with Crippen LogP contribution in [0.4, 0.5) is 11.4 Å². The van der Waals surface area contributed by atoms with E-state index in [2.05, 4.69) is 15.8 Å². The van der Waals surface area contributed by atoms with E-state index in [1.807, 2.05) is 12.1 Å². The largest absolute Gasteiger partial charge is 0.502 e. The number of nitrogens with zero attached hydrogens (tertiary/aromatic N) is 3. The van der Waals surface area contributed by atoms with Crippen molar-refractivity contribution >= 4 is 29.4 Å². The van der Waals surface area contributed by atoms with Crippen molar-refractivity contribution < 1.29 is 24.5 Å². The van der Waals surface area contributed by atoms with Gasteiger partial charge in [0.1, 0.15) is 0 Å². The van der Waals surface area contributed by atoms with Crippen molar-refractivity contribution in [2.24, 2.45) is 5.10 Å². The molecule has 0 spiro atoms. The number of carbonyl (C=O) groups is 2. The minimum Gasteiger partial charge on any atom is -0.502 e. The van der Waals surface area contributed by atoms with Gasteiger partial charge in [-0.25, -0.2) is 5.43 Å². The maximum absolute atomic E-state index is 12.9. The molecule has 0 radical (unpaired) electrons. The van der Waals surface area contributed by atoms with Crippen LogP contribution in [0.1, 0.15) is 22.6 Å².